The van der Waals surface area contributed by atoms with E-state index in [1.165, 1.54) is 0 Å². The van der Waals surface area contributed by atoms with Crippen molar-refractivity contribution in [1.29, 1.82) is 0 Å². The van der Waals surface area contributed by atoms with Crippen molar-refractivity contribution < 1.29 is 19.0 Å². The van der Waals surface area contributed by atoms with Crippen LogP contribution in [0.4, 0.5) is 10.5 Å². The Labute approximate surface area is 208 Å². The lowest BCUT2D eigenvalue weighted by molar-refractivity contribution is 0.142. The predicted octanol–water partition coefficient (Wildman–Crippen LogP) is 4.84. The fourth-order valence-electron chi connectivity index (χ4n) is 3.80. The van der Waals surface area contributed by atoms with Crippen molar-refractivity contribution in [3.8, 4) is 27.8 Å². The first-order valence-corrected chi connectivity index (χ1v) is 12.0. The summed E-state index contributed by atoms with van der Waals surface area (Å²) in [4.78, 5) is 21.7. The number of carbonyl (C=O) groups excluding carboxylic acids is 1. The molecule has 4 rings (SSSR count). The third-order valence-corrected chi connectivity index (χ3v) is 6.80. The largest absolute Gasteiger partial charge is 0.493 e. The summed E-state index contributed by atoms with van der Waals surface area (Å²) in [6.07, 6.45) is 0. The molecule has 0 radical (unpaired) electrons. The van der Waals surface area contributed by atoms with E-state index in [1.54, 1.807) is 49.7 Å². The molecular weight excluding hydrogens is 476 g/mol. The van der Waals surface area contributed by atoms with E-state index in [9.17, 15) is 4.79 Å². The first kappa shape index (κ1) is 24.1. The second-order valence-electron chi connectivity index (χ2n) is 7.76. The zero-order valence-electron chi connectivity index (χ0n) is 19.3. The summed E-state index contributed by atoms with van der Waals surface area (Å²) in [6.45, 7) is 3.56. The Morgan fingerprint density at radius 2 is 1.68 bits per heavy atom. The lowest BCUT2D eigenvalue weighted by Crippen LogP contribution is -2.49. The van der Waals surface area contributed by atoms with Gasteiger partial charge in [-0.3, -0.25) is 4.90 Å². The number of amides is 2. The lowest BCUT2D eigenvalue weighted by Gasteiger charge is -2.34. The number of benzene rings is 2. The molecule has 0 saturated carbocycles. The molecule has 0 atom stereocenters. The topological polar surface area (TPSA) is 76.2 Å². The zero-order chi connectivity index (χ0) is 24.1. The zero-order valence-corrected chi connectivity index (χ0v) is 20.9. The third kappa shape index (κ3) is 5.55. The molecular formula is C24H27ClN4O4S. The van der Waals surface area contributed by atoms with Crippen molar-refractivity contribution in [2.75, 3.05) is 52.8 Å². The average molecular weight is 503 g/mol. The van der Waals surface area contributed by atoms with Crippen molar-refractivity contribution in [3.63, 3.8) is 0 Å². The standard InChI is InChI=1S/C24H27ClN4O4S/c1-31-20-12-18(13-21(32-2)22(20)33-3)27-24(30)29-10-8-28(9-11-29)14-19-15-34-23(26-19)16-4-6-17(25)7-5-16/h4-7,12-13,15H,8-11,14H2,1-3H3,(H,27,30). The van der Waals surface area contributed by atoms with Crippen LogP contribution in [0.25, 0.3) is 10.6 Å². The Hall–Kier alpha value is -3.01. The number of hydrogen-bond donors (Lipinski definition) is 1. The second kappa shape index (κ2) is 10.9. The van der Waals surface area contributed by atoms with E-state index in [0.29, 0.717) is 41.0 Å². The van der Waals surface area contributed by atoms with E-state index in [0.717, 1.165) is 35.9 Å². The van der Waals surface area contributed by atoms with Gasteiger partial charge in [0.05, 0.1) is 32.7 Å². The Morgan fingerprint density at radius 3 is 2.26 bits per heavy atom. The maximum atomic E-state index is 12.8. The van der Waals surface area contributed by atoms with Gasteiger partial charge in [-0.1, -0.05) is 23.7 Å². The molecule has 8 nitrogen and oxygen atoms in total. The van der Waals surface area contributed by atoms with Crippen LogP contribution in [-0.2, 0) is 6.54 Å². The number of hydrogen-bond acceptors (Lipinski definition) is 7. The quantitative estimate of drug-likeness (QED) is 0.498. The highest BCUT2D eigenvalue weighted by atomic mass is 35.5. The van der Waals surface area contributed by atoms with Crippen LogP contribution in [0.3, 0.4) is 0 Å². The minimum atomic E-state index is -0.160. The van der Waals surface area contributed by atoms with Crippen LogP contribution in [0, 0.1) is 0 Å². The van der Waals surface area contributed by atoms with Gasteiger partial charge in [-0.2, -0.15) is 0 Å². The van der Waals surface area contributed by atoms with E-state index in [1.807, 2.05) is 24.3 Å². The van der Waals surface area contributed by atoms with Crippen LogP contribution >= 0.6 is 22.9 Å². The second-order valence-corrected chi connectivity index (χ2v) is 9.05. The first-order chi connectivity index (χ1) is 16.5. The minimum Gasteiger partial charge on any atom is -0.493 e. The van der Waals surface area contributed by atoms with Gasteiger partial charge in [0.2, 0.25) is 5.75 Å². The van der Waals surface area contributed by atoms with Gasteiger partial charge in [0.25, 0.3) is 0 Å². The van der Waals surface area contributed by atoms with Crippen molar-refractivity contribution in [3.05, 3.63) is 52.5 Å². The monoisotopic (exact) mass is 502 g/mol. The molecule has 34 heavy (non-hydrogen) atoms. The van der Waals surface area contributed by atoms with Crippen molar-refractivity contribution >= 4 is 34.7 Å². The number of piperazine rings is 1. The summed E-state index contributed by atoms with van der Waals surface area (Å²) in [5, 5.41) is 6.72. The van der Waals surface area contributed by atoms with Crippen LogP contribution in [0.5, 0.6) is 17.2 Å². The number of thiazole rings is 1. The van der Waals surface area contributed by atoms with Crippen molar-refractivity contribution in [2.24, 2.45) is 0 Å². The molecule has 1 aliphatic heterocycles. The Bertz CT molecular complexity index is 1110. The summed E-state index contributed by atoms with van der Waals surface area (Å²) in [5.41, 5.74) is 2.68. The molecule has 180 valence electrons. The molecule has 1 aliphatic rings. The van der Waals surface area contributed by atoms with Gasteiger partial charge in [0.15, 0.2) is 11.5 Å². The maximum Gasteiger partial charge on any atom is 0.321 e. The van der Waals surface area contributed by atoms with Gasteiger partial charge in [-0.05, 0) is 12.1 Å². The number of nitrogens with one attached hydrogen (secondary N) is 1. The van der Waals surface area contributed by atoms with Crippen LogP contribution < -0.4 is 19.5 Å². The molecule has 1 N–H and O–H groups in total. The molecule has 1 saturated heterocycles. The van der Waals surface area contributed by atoms with Gasteiger partial charge in [0, 0.05) is 60.8 Å². The minimum absolute atomic E-state index is 0.160. The van der Waals surface area contributed by atoms with Crippen molar-refractivity contribution in [2.45, 2.75) is 6.54 Å². The van der Waals surface area contributed by atoms with E-state index >= 15 is 0 Å². The third-order valence-electron chi connectivity index (χ3n) is 5.60. The fourth-order valence-corrected chi connectivity index (χ4v) is 4.74. The van der Waals surface area contributed by atoms with E-state index in [-0.39, 0.29) is 6.03 Å². The molecule has 1 aromatic heterocycles. The number of carbonyl (C=O) groups is 1. The average Bonchev–Trinajstić information content (AvgIpc) is 3.32. The summed E-state index contributed by atoms with van der Waals surface area (Å²) in [5.74, 6) is 1.46. The Kier molecular flexibility index (Phi) is 7.77. The fraction of sp³-hybridized carbons (Fsp3) is 0.333. The van der Waals surface area contributed by atoms with Gasteiger partial charge in [-0.15, -0.1) is 11.3 Å². The molecule has 3 aromatic rings. The molecule has 10 heteroatoms. The van der Waals surface area contributed by atoms with E-state index in [2.05, 4.69) is 15.6 Å². The van der Waals surface area contributed by atoms with Gasteiger partial charge >= 0.3 is 6.03 Å². The summed E-state index contributed by atoms with van der Waals surface area (Å²) >= 11 is 7.61. The Balaban J connectivity index is 1.32. The van der Waals surface area contributed by atoms with Crippen LogP contribution in [-0.4, -0.2) is 68.3 Å². The summed E-state index contributed by atoms with van der Waals surface area (Å²) in [6, 6.07) is 11.0. The number of rotatable bonds is 7. The maximum absolute atomic E-state index is 12.8. The number of methoxy groups -OCH3 is 3. The molecule has 2 aromatic carbocycles. The van der Waals surface area contributed by atoms with Crippen LogP contribution in [0.15, 0.2) is 41.8 Å². The highest BCUT2D eigenvalue weighted by Gasteiger charge is 2.23. The number of anilines is 1. The number of urea groups is 1. The molecule has 1 fully saturated rings. The number of ether oxygens (including phenoxy) is 3. The van der Waals surface area contributed by atoms with Gasteiger partial charge in [-0.25, -0.2) is 9.78 Å². The summed E-state index contributed by atoms with van der Waals surface area (Å²) < 4.78 is 16.1. The van der Waals surface area contributed by atoms with Crippen LogP contribution in [0.1, 0.15) is 5.69 Å². The molecule has 2 heterocycles. The first-order valence-electron chi connectivity index (χ1n) is 10.8. The normalized spacial score (nSPS) is 14.1. The lowest BCUT2D eigenvalue weighted by atomic mass is 10.2. The molecule has 0 aliphatic carbocycles. The van der Waals surface area contributed by atoms with Crippen LogP contribution in [0.2, 0.25) is 5.02 Å². The molecule has 0 unspecified atom stereocenters. The number of halogens is 1. The SMILES string of the molecule is COc1cc(NC(=O)N2CCN(Cc3csc(-c4ccc(Cl)cc4)n3)CC2)cc(OC)c1OC. The summed E-state index contributed by atoms with van der Waals surface area (Å²) in [7, 11) is 4.63. The number of aromatic nitrogens is 1. The number of nitrogens with zero attached hydrogens (tertiary/aromatic N) is 3. The molecule has 0 bridgehead atoms. The highest BCUT2D eigenvalue weighted by molar-refractivity contribution is 7.13. The van der Waals surface area contributed by atoms with Crippen molar-refractivity contribution in [1.82, 2.24) is 14.8 Å². The molecule has 2 amide bonds. The van der Waals surface area contributed by atoms with E-state index < -0.39 is 0 Å². The van der Waals surface area contributed by atoms with Gasteiger partial charge < -0.3 is 24.4 Å². The highest BCUT2D eigenvalue weighted by Crippen LogP contribution is 2.40. The van der Waals surface area contributed by atoms with Gasteiger partial charge in [0.1, 0.15) is 5.01 Å². The predicted molar refractivity (Wildman–Crippen MR) is 135 cm³/mol. The molecule has 0 spiro atoms. The Morgan fingerprint density at radius 1 is 1.03 bits per heavy atom. The smallest absolute Gasteiger partial charge is 0.321 e. The van der Waals surface area contributed by atoms with E-state index in [4.69, 9.17) is 30.8 Å².